The third-order valence-corrected chi connectivity index (χ3v) is 4.54. The minimum absolute atomic E-state index is 0.0169. The zero-order valence-corrected chi connectivity index (χ0v) is 14.5. The Kier molecular flexibility index (Phi) is 5.75. The predicted molar refractivity (Wildman–Crippen MR) is 93.9 cm³/mol. The Balaban J connectivity index is 1.57. The van der Waals surface area contributed by atoms with Crippen LogP contribution in [0.5, 0.6) is 11.5 Å². The molecule has 0 radical (unpaired) electrons. The maximum absolute atomic E-state index is 12.6. The molecular formula is C18H25N3O4. The quantitative estimate of drug-likeness (QED) is 0.838. The average molecular weight is 347 g/mol. The van der Waals surface area contributed by atoms with Crippen LogP contribution in [0.2, 0.25) is 0 Å². The number of fused-ring (bicyclic) bond motifs is 1. The van der Waals surface area contributed by atoms with Crippen LogP contribution in [0.1, 0.15) is 19.8 Å². The van der Waals surface area contributed by atoms with Crippen molar-refractivity contribution in [3.8, 4) is 11.5 Å². The Bertz CT molecular complexity index is 629. The Hall–Kier alpha value is -2.28. The molecular weight excluding hydrogens is 322 g/mol. The van der Waals surface area contributed by atoms with E-state index in [-0.39, 0.29) is 24.3 Å². The molecule has 1 saturated heterocycles. The van der Waals surface area contributed by atoms with Gasteiger partial charge in [-0.1, -0.05) is 0 Å². The zero-order valence-electron chi connectivity index (χ0n) is 14.5. The number of nitrogens with zero attached hydrogens (tertiary/aromatic N) is 1. The molecule has 7 heteroatoms. The molecule has 1 aromatic carbocycles. The number of piperidine rings is 1. The molecule has 2 heterocycles. The fourth-order valence-electron chi connectivity index (χ4n) is 3.17. The number of amides is 2. The van der Waals surface area contributed by atoms with Crippen LogP contribution in [0, 0.1) is 5.92 Å². The van der Waals surface area contributed by atoms with Crippen LogP contribution in [0.25, 0.3) is 0 Å². The highest BCUT2D eigenvalue weighted by atomic mass is 16.6. The Morgan fingerprint density at radius 3 is 2.64 bits per heavy atom. The van der Waals surface area contributed by atoms with Crippen molar-refractivity contribution < 1.29 is 19.1 Å². The summed E-state index contributed by atoms with van der Waals surface area (Å²) in [5, 5.41) is 6.09. The molecule has 0 saturated carbocycles. The summed E-state index contributed by atoms with van der Waals surface area (Å²) >= 11 is 0. The van der Waals surface area contributed by atoms with Gasteiger partial charge in [-0.05, 0) is 45.0 Å². The lowest BCUT2D eigenvalue weighted by Crippen LogP contribution is -2.44. The summed E-state index contributed by atoms with van der Waals surface area (Å²) in [4.78, 5) is 26.6. The number of hydrogen-bond acceptors (Lipinski definition) is 5. The lowest BCUT2D eigenvalue weighted by atomic mass is 9.96. The van der Waals surface area contributed by atoms with Crippen LogP contribution in [0.15, 0.2) is 18.2 Å². The van der Waals surface area contributed by atoms with Crippen LogP contribution in [-0.4, -0.2) is 56.1 Å². The van der Waals surface area contributed by atoms with E-state index in [0.717, 1.165) is 25.9 Å². The van der Waals surface area contributed by atoms with Crippen LogP contribution in [-0.2, 0) is 9.59 Å². The molecule has 2 aliphatic heterocycles. The fourth-order valence-corrected chi connectivity index (χ4v) is 3.17. The number of carbonyl (C=O) groups excluding carboxylic acids is 2. The number of ether oxygens (including phenoxy) is 2. The van der Waals surface area contributed by atoms with Gasteiger partial charge in [0.1, 0.15) is 13.2 Å². The molecule has 0 bridgehead atoms. The van der Waals surface area contributed by atoms with Crippen LogP contribution < -0.4 is 20.1 Å². The van der Waals surface area contributed by atoms with E-state index >= 15 is 0 Å². The normalized spacial score (nSPS) is 17.0. The third kappa shape index (κ3) is 4.42. The van der Waals surface area contributed by atoms with Crippen molar-refractivity contribution in [1.29, 1.82) is 0 Å². The Morgan fingerprint density at radius 2 is 1.92 bits per heavy atom. The fraction of sp³-hybridized carbons (Fsp3) is 0.556. The summed E-state index contributed by atoms with van der Waals surface area (Å²) in [5.74, 6) is 1.19. The number of benzene rings is 1. The molecule has 3 rings (SSSR count). The molecule has 136 valence electrons. The number of rotatable bonds is 5. The second-order valence-corrected chi connectivity index (χ2v) is 6.28. The van der Waals surface area contributed by atoms with Crippen molar-refractivity contribution in [2.75, 3.05) is 44.7 Å². The van der Waals surface area contributed by atoms with Gasteiger partial charge in [-0.25, -0.2) is 0 Å². The molecule has 1 aromatic rings. The Labute approximate surface area is 147 Å². The van der Waals surface area contributed by atoms with Crippen molar-refractivity contribution >= 4 is 17.5 Å². The highest BCUT2D eigenvalue weighted by Crippen LogP contribution is 2.32. The summed E-state index contributed by atoms with van der Waals surface area (Å²) in [6.07, 6.45) is 1.66. The van der Waals surface area contributed by atoms with Crippen LogP contribution in [0.3, 0.4) is 0 Å². The van der Waals surface area contributed by atoms with Gasteiger partial charge in [-0.3, -0.25) is 9.59 Å². The van der Waals surface area contributed by atoms with E-state index in [2.05, 4.69) is 10.6 Å². The van der Waals surface area contributed by atoms with Gasteiger partial charge >= 0.3 is 0 Å². The first-order chi connectivity index (χ1) is 12.2. The van der Waals surface area contributed by atoms with Crippen molar-refractivity contribution in [1.82, 2.24) is 10.2 Å². The number of likely N-dealkylation sites (N-methyl/N-ethyl adjacent to an activating group) is 1. The minimum atomic E-state index is -0.208. The zero-order chi connectivity index (χ0) is 17.6. The number of hydrogen-bond donors (Lipinski definition) is 2. The highest BCUT2D eigenvalue weighted by Gasteiger charge is 2.26. The Morgan fingerprint density at radius 1 is 1.20 bits per heavy atom. The van der Waals surface area contributed by atoms with Gasteiger partial charge in [0.2, 0.25) is 11.8 Å². The van der Waals surface area contributed by atoms with Crippen LogP contribution in [0.4, 0.5) is 5.69 Å². The number of anilines is 1. The van der Waals surface area contributed by atoms with Gasteiger partial charge in [-0.2, -0.15) is 0 Å². The highest BCUT2D eigenvalue weighted by molar-refractivity contribution is 5.95. The summed E-state index contributed by atoms with van der Waals surface area (Å²) in [6.45, 7) is 5.23. The van der Waals surface area contributed by atoms with Crippen molar-refractivity contribution in [3.05, 3.63) is 18.2 Å². The standard InChI is InChI=1S/C18H25N3O4/c1-2-21(18(23)13-5-7-19-8-6-13)12-17(22)20-14-3-4-15-16(11-14)25-10-9-24-15/h3-4,11,13,19H,2,5-10,12H2,1H3,(H,20,22). The molecule has 0 atom stereocenters. The van der Waals surface area contributed by atoms with E-state index in [0.29, 0.717) is 36.9 Å². The molecule has 7 nitrogen and oxygen atoms in total. The first-order valence-electron chi connectivity index (χ1n) is 8.86. The van der Waals surface area contributed by atoms with Gasteiger partial charge in [0.15, 0.2) is 11.5 Å². The molecule has 2 aliphatic rings. The van der Waals surface area contributed by atoms with E-state index < -0.39 is 0 Å². The maximum Gasteiger partial charge on any atom is 0.243 e. The van der Waals surface area contributed by atoms with Crippen LogP contribution >= 0.6 is 0 Å². The SMILES string of the molecule is CCN(CC(=O)Nc1ccc2c(c1)OCCO2)C(=O)C1CCNCC1. The minimum Gasteiger partial charge on any atom is -0.486 e. The van der Waals surface area contributed by atoms with Crippen molar-refractivity contribution in [2.24, 2.45) is 5.92 Å². The van der Waals surface area contributed by atoms with Gasteiger partial charge < -0.3 is 25.0 Å². The second kappa shape index (κ2) is 8.20. The molecule has 2 amide bonds. The van der Waals surface area contributed by atoms with E-state index in [9.17, 15) is 9.59 Å². The number of carbonyl (C=O) groups is 2. The number of nitrogens with one attached hydrogen (secondary N) is 2. The predicted octanol–water partition coefficient (Wildman–Crippen LogP) is 1.24. The van der Waals surface area contributed by atoms with Gasteiger partial charge in [0.25, 0.3) is 0 Å². The lowest BCUT2D eigenvalue weighted by Gasteiger charge is -2.28. The summed E-state index contributed by atoms with van der Waals surface area (Å²) in [7, 11) is 0. The lowest BCUT2D eigenvalue weighted by molar-refractivity contribution is -0.138. The maximum atomic E-state index is 12.6. The average Bonchev–Trinajstić information content (AvgIpc) is 2.66. The van der Waals surface area contributed by atoms with E-state index in [1.54, 1.807) is 23.1 Å². The molecule has 1 fully saturated rings. The van der Waals surface area contributed by atoms with E-state index in [1.807, 2.05) is 6.92 Å². The van der Waals surface area contributed by atoms with Crippen molar-refractivity contribution in [2.45, 2.75) is 19.8 Å². The monoisotopic (exact) mass is 347 g/mol. The van der Waals surface area contributed by atoms with Gasteiger partial charge in [-0.15, -0.1) is 0 Å². The second-order valence-electron chi connectivity index (χ2n) is 6.28. The van der Waals surface area contributed by atoms with Crippen molar-refractivity contribution in [3.63, 3.8) is 0 Å². The molecule has 2 N–H and O–H groups in total. The molecule has 0 aromatic heterocycles. The smallest absolute Gasteiger partial charge is 0.243 e. The third-order valence-electron chi connectivity index (χ3n) is 4.54. The molecule has 0 spiro atoms. The summed E-state index contributed by atoms with van der Waals surface area (Å²) in [6, 6.07) is 5.30. The summed E-state index contributed by atoms with van der Waals surface area (Å²) in [5.41, 5.74) is 0.639. The van der Waals surface area contributed by atoms with E-state index in [1.165, 1.54) is 0 Å². The molecule has 0 aliphatic carbocycles. The molecule has 0 unspecified atom stereocenters. The van der Waals surface area contributed by atoms with E-state index in [4.69, 9.17) is 9.47 Å². The first-order valence-corrected chi connectivity index (χ1v) is 8.86. The van der Waals surface area contributed by atoms with Gasteiger partial charge in [0.05, 0.1) is 6.54 Å². The van der Waals surface area contributed by atoms with Gasteiger partial charge in [0, 0.05) is 24.2 Å². The topological polar surface area (TPSA) is 79.9 Å². The first kappa shape index (κ1) is 17.5. The molecule has 25 heavy (non-hydrogen) atoms. The largest absolute Gasteiger partial charge is 0.486 e. The summed E-state index contributed by atoms with van der Waals surface area (Å²) < 4.78 is 11.0.